The topological polar surface area (TPSA) is 56.0 Å². The van der Waals surface area contributed by atoms with Crippen LogP contribution in [0.2, 0.25) is 0 Å². The number of amides is 1. The van der Waals surface area contributed by atoms with Gasteiger partial charge in [0.25, 0.3) is 5.91 Å². The molecule has 5 rings (SSSR count). The first kappa shape index (κ1) is 19.8. The van der Waals surface area contributed by atoms with Crippen molar-refractivity contribution < 1.29 is 18.0 Å². The van der Waals surface area contributed by atoms with Crippen molar-refractivity contribution in [3.63, 3.8) is 0 Å². The summed E-state index contributed by atoms with van der Waals surface area (Å²) in [5.74, 6) is -3.12. The number of imidazole rings is 1. The van der Waals surface area contributed by atoms with Crippen LogP contribution in [0.3, 0.4) is 0 Å². The second-order valence-electron chi connectivity index (χ2n) is 8.18. The van der Waals surface area contributed by atoms with E-state index in [-0.39, 0.29) is 17.5 Å². The minimum absolute atomic E-state index is 0.0927. The third kappa shape index (κ3) is 3.05. The SMILES string of the molecule is C[C@H]1c2nn(C)c(-c3cc(F)c(F)c(F)c3)c2CCN1C(=O)c1cnc2n1CCCC2. The molecule has 162 valence electrons. The molecule has 0 bridgehead atoms. The van der Waals surface area contributed by atoms with E-state index in [1.807, 2.05) is 11.5 Å². The van der Waals surface area contributed by atoms with E-state index in [9.17, 15) is 18.0 Å². The van der Waals surface area contributed by atoms with Crippen LogP contribution in [0.15, 0.2) is 18.3 Å². The molecule has 0 spiro atoms. The van der Waals surface area contributed by atoms with E-state index in [0.29, 0.717) is 30.0 Å². The second kappa shape index (κ2) is 7.25. The maximum absolute atomic E-state index is 13.8. The van der Waals surface area contributed by atoms with Gasteiger partial charge in [-0.1, -0.05) is 0 Å². The molecule has 0 unspecified atom stereocenters. The molecule has 6 nitrogen and oxygen atoms in total. The van der Waals surface area contributed by atoms with Gasteiger partial charge in [0.15, 0.2) is 17.5 Å². The molecule has 0 fully saturated rings. The number of aryl methyl sites for hydroxylation is 2. The highest BCUT2D eigenvalue weighted by Crippen LogP contribution is 2.37. The van der Waals surface area contributed by atoms with Crippen molar-refractivity contribution in [3.05, 3.63) is 58.6 Å². The Hall–Kier alpha value is -3.10. The molecule has 0 saturated heterocycles. The van der Waals surface area contributed by atoms with Crippen LogP contribution >= 0.6 is 0 Å². The number of hydrogen-bond acceptors (Lipinski definition) is 3. The molecular weight excluding hydrogens is 407 g/mol. The quantitative estimate of drug-likeness (QED) is 0.583. The van der Waals surface area contributed by atoms with Gasteiger partial charge in [-0.2, -0.15) is 5.10 Å². The predicted molar refractivity (Wildman–Crippen MR) is 107 cm³/mol. The van der Waals surface area contributed by atoms with Crippen LogP contribution in [0.5, 0.6) is 0 Å². The molecule has 3 aromatic rings. The number of halogens is 3. The predicted octanol–water partition coefficient (Wildman–Crippen LogP) is 3.80. The van der Waals surface area contributed by atoms with Gasteiger partial charge >= 0.3 is 0 Å². The second-order valence-corrected chi connectivity index (χ2v) is 8.18. The summed E-state index contributed by atoms with van der Waals surface area (Å²) < 4.78 is 44.6. The Kier molecular flexibility index (Phi) is 4.64. The highest BCUT2D eigenvalue weighted by Gasteiger charge is 2.35. The van der Waals surface area contributed by atoms with Crippen molar-refractivity contribution in [2.24, 2.45) is 7.05 Å². The monoisotopic (exact) mass is 429 g/mol. The molecular formula is C22H22F3N5O. The van der Waals surface area contributed by atoms with Gasteiger partial charge in [-0.15, -0.1) is 0 Å². The first-order valence-electron chi connectivity index (χ1n) is 10.4. The molecule has 0 aliphatic carbocycles. The van der Waals surface area contributed by atoms with Crippen LogP contribution in [-0.4, -0.2) is 36.7 Å². The van der Waals surface area contributed by atoms with Crippen LogP contribution in [0.4, 0.5) is 13.2 Å². The van der Waals surface area contributed by atoms with Crippen molar-refractivity contribution in [2.75, 3.05) is 6.54 Å². The van der Waals surface area contributed by atoms with Crippen molar-refractivity contribution in [1.82, 2.24) is 24.2 Å². The maximum Gasteiger partial charge on any atom is 0.272 e. The van der Waals surface area contributed by atoms with E-state index in [2.05, 4.69) is 10.1 Å². The lowest BCUT2D eigenvalue weighted by molar-refractivity contribution is 0.0661. The van der Waals surface area contributed by atoms with Gasteiger partial charge in [-0.05, 0) is 38.3 Å². The summed E-state index contributed by atoms with van der Waals surface area (Å²) in [5, 5.41) is 4.55. The molecule has 0 N–H and O–H groups in total. The normalized spacial score (nSPS) is 18.1. The molecule has 2 aliphatic rings. The van der Waals surface area contributed by atoms with Crippen LogP contribution in [0.25, 0.3) is 11.3 Å². The highest BCUT2D eigenvalue weighted by atomic mass is 19.2. The van der Waals surface area contributed by atoms with Crippen molar-refractivity contribution in [3.8, 4) is 11.3 Å². The van der Waals surface area contributed by atoms with Crippen molar-refractivity contribution >= 4 is 5.91 Å². The summed E-state index contributed by atoms with van der Waals surface area (Å²) >= 11 is 0. The number of rotatable bonds is 2. The number of carbonyl (C=O) groups is 1. The molecule has 0 radical (unpaired) electrons. The molecule has 2 aromatic heterocycles. The summed E-state index contributed by atoms with van der Waals surface area (Å²) in [7, 11) is 1.68. The van der Waals surface area contributed by atoms with Gasteiger partial charge in [0.2, 0.25) is 0 Å². The van der Waals surface area contributed by atoms with Crippen LogP contribution in [0, 0.1) is 17.5 Å². The Balaban J connectivity index is 1.50. The molecule has 2 aliphatic heterocycles. The fraction of sp³-hybridized carbons (Fsp3) is 0.409. The lowest BCUT2D eigenvalue weighted by Gasteiger charge is -2.33. The van der Waals surface area contributed by atoms with E-state index in [0.717, 1.165) is 49.3 Å². The minimum atomic E-state index is -1.49. The zero-order valence-corrected chi connectivity index (χ0v) is 17.3. The summed E-state index contributed by atoms with van der Waals surface area (Å²) in [6.45, 7) is 3.13. The number of benzene rings is 1. The van der Waals surface area contributed by atoms with E-state index in [1.165, 1.54) is 0 Å². The average Bonchev–Trinajstić information content (AvgIpc) is 3.32. The van der Waals surface area contributed by atoms with E-state index < -0.39 is 17.5 Å². The number of nitrogens with zero attached hydrogens (tertiary/aromatic N) is 5. The Labute approximate surface area is 177 Å². The first-order chi connectivity index (χ1) is 14.9. The van der Waals surface area contributed by atoms with Crippen LogP contribution in [0.1, 0.15) is 53.4 Å². The largest absolute Gasteiger partial charge is 0.329 e. The van der Waals surface area contributed by atoms with E-state index >= 15 is 0 Å². The molecule has 9 heteroatoms. The molecule has 1 aromatic carbocycles. The lowest BCUT2D eigenvalue weighted by Crippen LogP contribution is -2.40. The zero-order chi connectivity index (χ0) is 21.9. The van der Waals surface area contributed by atoms with Gasteiger partial charge in [0.1, 0.15) is 11.5 Å². The third-order valence-electron chi connectivity index (χ3n) is 6.35. The molecule has 31 heavy (non-hydrogen) atoms. The van der Waals surface area contributed by atoms with Gasteiger partial charge in [-0.3, -0.25) is 9.48 Å². The first-order valence-corrected chi connectivity index (χ1v) is 10.4. The fourth-order valence-electron chi connectivity index (χ4n) is 4.81. The summed E-state index contributed by atoms with van der Waals surface area (Å²) in [5.41, 5.74) is 2.85. The smallest absolute Gasteiger partial charge is 0.272 e. The fourth-order valence-corrected chi connectivity index (χ4v) is 4.81. The van der Waals surface area contributed by atoms with Gasteiger partial charge in [-0.25, -0.2) is 18.2 Å². The number of carbonyl (C=O) groups excluding carboxylic acids is 1. The Morgan fingerprint density at radius 3 is 2.58 bits per heavy atom. The Morgan fingerprint density at radius 1 is 1.10 bits per heavy atom. The zero-order valence-electron chi connectivity index (χ0n) is 17.3. The van der Waals surface area contributed by atoms with Crippen molar-refractivity contribution in [2.45, 2.75) is 45.2 Å². The van der Waals surface area contributed by atoms with Crippen molar-refractivity contribution in [1.29, 1.82) is 0 Å². The molecule has 0 saturated carbocycles. The molecule has 1 atom stereocenters. The van der Waals surface area contributed by atoms with Crippen LogP contribution in [-0.2, 0) is 26.4 Å². The van der Waals surface area contributed by atoms with Gasteiger partial charge in [0.05, 0.1) is 23.6 Å². The Morgan fingerprint density at radius 2 is 1.84 bits per heavy atom. The number of aromatic nitrogens is 4. The third-order valence-corrected chi connectivity index (χ3v) is 6.35. The highest BCUT2D eigenvalue weighted by molar-refractivity contribution is 5.93. The van der Waals surface area contributed by atoms with Crippen LogP contribution < -0.4 is 0 Å². The summed E-state index contributed by atoms with van der Waals surface area (Å²) in [6, 6.07) is 1.65. The number of hydrogen-bond donors (Lipinski definition) is 0. The van der Waals surface area contributed by atoms with Gasteiger partial charge < -0.3 is 9.47 Å². The summed E-state index contributed by atoms with van der Waals surface area (Å²) in [6.07, 6.45) is 5.11. The number of fused-ring (bicyclic) bond motifs is 2. The molecule has 1 amide bonds. The minimum Gasteiger partial charge on any atom is -0.329 e. The molecule has 4 heterocycles. The standard InChI is InChI=1S/C22H22F3N5O/c1-12-20-14(21(28(2)27-20)13-9-15(23)19(25)16(24)10-13)6-8-29(12)22(31)17-11-26-18-5-3-4-7-30(17)18/h9-12H,3-8H2,1-2H3/t12-/m0/s1. The Bertz CT molecular complexity index is 1180. The van der Waals surface area contributed by atoms with E-state index in [4.69, 9.17) is 0 Å². The average molecular weight is 429 g/mol. The maximum atomic E-state index is 13.8. The van der Waals surface area contributed by atoms with Gasteiger partial charge in [0, 0.05) is 37.7 Å². The summed E-state index contributed by atoms with van der Waals surface area (Å²) in [4.78, 5) is 19.5. The van der Waals surface area contributed by atoms with E-state index in [1.54, 1.807) is 22.8 Å². The lowest BCUT2D eigenvalue weighted by atomic mass is 9.95.